The van der Waals surface area contributed by atoms with Gasteiger partial charge in [0.1, 0.15) is 5.82 Å². The Labute approximate surface area is 142 Å². The Morgan fingerprint density at radius 2 is 1.96 bits per heavy atom. The van der Waals surface area contributed by atoms with Crippen LogP contribution in [0.5, 0.6) is 0 Å². The molecule has 3 heterocycles. The molecule has 124 valence electrons. The lowest BCUT2D eigenvalue weighted by atomic mass is 10.2. The first-order valence-electron chi connectivity index (χ1n) is 8.66. The van der Waals surface area contributed by atoms with Gasteiger partial charge in [0.2, 0.25) is 5.91 Å². The van der Waals surface area contributed by atoms with E-state index in [-0.39, 0.29) is 5.91 Å². The highest BCUT2D eigenvalue weighted by molar-refractivity contribution is 5.78. The van der Waals surface area contributed by atoms with Crippen LogP contribution in [0.15, 0.2) is 42.7 Å². The van der Waals surface area contributed by atoms with E-state index in [0.717, 1.165) is 42.6 Å². The number of pyridine rings is 2. The van der Waals surface area contributed by atoms with E-state index in [9.17, 15) is 4.79 Å². The van der Waals surface area contributed by atoms with Crippen LogP contribution in [0.25, 0.3) is 0 Å². The summed E-state index contributed by atoms with van der Waals surface area (Å²) in [5, 5.41) is 0. The molecule has 0 spiro atoms. The van der Waals surface area contributed by atoms with Crippen LogP contribution >= 0.6 is 0 Å². The van der Waals surface area contributed by atoms with Gasteiger partial charge in [0.05, 0.1) is 6.42 Å². The largest absolute Gasteiger partial charge is 0.354 e. The van der Waals surface area contributed by atoms with Crippen molar-refractivity contribution in [3.8, 4) is 0 Å². The van der Waals surface area contributed by atoms with Crippen LogP contribution in [0.2, 0.25) is 0 Å². The summed E-state index contributed by atoms with van der Waals surface area (Å²) in [6.07, 6.45) is 6.59. The van der Waals surface area contributed by atoms with E-state index in [0.29, 0.717) is 13.0 Å². The molecular weight excluding hydrogens is 300 g/mol. The van der Waals surface area contributed by atoms with Crippen LogP contribution in [0.4, 0.5) is 5.82 Å². The van der Waals surface area contributed by atoms with Crippen molar-refractivity contribution >= 4 is 11.7 Å². The Morgan fingerprint density at radius 1 is 1.08 bits per heavy atom. The average molecular weight is 322 g/mol. The molecule has 1 fully saturated rings. The second-order valence-electron chi connectivity index (χ2n) is 6.69. The molecule has 0 unspecified atom stereocenters. The highest BCUT2D eigenvalue weighted by Gasteiger charge is 2.29. The number of carbonyl (C=O) groups is 1. The van der Waals surface area contributed by atoms with Crippen molar-refractivity contribution in [2.75, 3.05) is 24.5 Å². The fourth-order valence-electron chi connectivity index (χ4n) is 3.24. The highest BCUT2D eigenvalue weighted by atomic mass is 16.2. The van der Waals surface area contributed by atoms with Crippen LogP contribution in [-0.4, -0.2) is 40.4 Å². The maximum Gasteiger partial charge on any atom is 0.228 e. The Morgan fingerprint density at radius 3 is 2.75 bits per heavy atom. The van der Waals surface area contributed by atoms with Crippen molar-refractivity contribution in [1.29, 1.82) is 0 Å². The van der Waals surface area contributed by atoms with Crippen molar-refractivity contribution in [2.24, 2.45) is 5.92 Å². The van der Waals surface area contributed by atoms with Crippen molar-refractivity contribution in [3.05, 3.63) is 54.0 Å². The predicted octanol–water partition coefficient (Wildman–Crippen LogP) is 2.28. The van der Waals surface area contributed by atoms with Crippen LogP contribution in [0, 0.1) is 5.92 Å². The molecule has 4 rings (SSSR count). The summed E-state index contributed by atoms with van der Waals surface area (Å²) >= 11 is 0. The molecule has 24 heavy (non-hydrogen) atoms. The molecule has 1 saturated carbocycles. The van der Waals surface area contributed by atoms with Gasteiger partial charge in [0, 0.05) is 49.8 Å². The van der Waals surface area contributed by atoms with Gasteiger partial charge in [-0.3, -0.25) is 9.78 Å². The monoisotopic (exact) mass is 322 g/mol. The summed E-state index contributed by atoms with van der Waals surface area (Å²) in [7, 11) is 0. The van der Waals surface area contributed by atoms with Crippen LogP contribution in [0.3, 0.4) is 0 Å². The Kier molecular flexibility index (Phi) is 4.15. The maximum absolute atomic E-state index is 12.7. The molecule has 1 aliphatic carbocycles. The molecule has 2 aromatic heterocycles. The molecule has 0 aromatic carbocycles. The van der Waals surface area contributed by atoms with Crippen molar-refractivity contribution in [3.63, 3.8) is 0 Å². The van der Waals surface area contributed by atoms with E-state index in [1.165, 1.54) is 12.8 Å². The molecule has 0 saturated heterocycles. The van der Waals surface area contributed by atoms with E-state index >= 15 is 0 Å². The van der Waals surface area contributed by atoms with Gasteiger partial charge >= 0.3 is 0 Å². The SMILES string of the molecule is O=C(Cc1ccccn1)N1CCN(CC2CC2)c2ncccc2C1. The molecule has 0 bridgehead atoms. The number of aromatic nitrogens is 2. The number of hydrogen-bond donors (Lipinski definition) is 0. The number of nitrogens with zero attached hydrogens (tertiary/aromatic N) is 4. The Balaban J connectivity index is 1.51. The summed E-state index contributed by atoms with van der Waals surface area (Å²) in [5.41, 5.74) is 1.97. The van der Waals surface area contributed by atoms with E-state index in [1.807, 2.05) is 35.4 Å². The molecular formula is C19H22N4O. The third kappa shape index (κ3) is 3.40. The molecule has 0 atom stereocenters. The lowest BCUT2D eigenvalue weighted by Crippen LogP contribution is -2.37. The zero-order valence-electron chi connectivity index (χ0n) is 13.8. The molecule has 2 aliphatic rings. The number of anilines is 1. The van der Waals surface area contributed by atoms with Gasteiger partial charge in [-0.05, 0) is 37.0 Å². The van der Waals surface area contributed by atoms with E-state index in [1.54, 1.807) is 6.20 Å². The average Bonchev–Trinajstić information content (AvgIpc) is 3.44. The van der Waals surface area contributed by atoms with Crippen molar-refractivity contribution in [2.45, 2.75) is 25.8 Å². The normalized spacial score (nSPS) is 17.3. The van der Waals surface area contributed by atoms with Gasteiger partial charge in [0.15, 0.2) is 0 Å². The number of carbonyl (C=O) groups excluding carboxylic acids is 1. The second kappa shape index (κ2) is 6.59. The number of fused-ring (bicyclic) bond motifs is 1. The lowest BCUT2D eigenvalue weighted by molar-refractivity contribution is -0.130. The fraction of sp³-hybridized carbons (Fsp3) is 0.421. The quantitative estimate of drug-likeness (QED) is 0.866. The van der Waals surface area contributed by atoms with E-state index in [2.05, 4.69) is 20.9 Å². The van der Waals surface area contributed by atoms with Crippen LogP contribution in [0.1, 0.15) is 24.1 Å². The summed E-state index contributed by atoms with van der Waals surface area (Å²) < 4.78 is 0. The smallest absolute Gasteiger partial charge is 0.228 e. The zero-order chi connectivity index (χ0) is 16.4. The maximum atomic E-state index is 12.7. The minimum atomic E-state index is 0.136. The fourth-order valence-corrected chi connectivity index (χ4v) is 3.24. The lowest BCUT2D eigenvalue weighted by Gasteiger charge is -2.23. The molecule has 1 amide bonds. The van der Waals surface area contributed by atoms with Gasteiger partial charge in [-0.25, -0.2) is 4.98 Å². The summed E-state index contributed by atoms with van der Waals surface area (Å²) in [5.74, 6) is 1.99. The zero-order valence-corrected chi connectivity index (χ0v) is 13.8. The van der Waals surface area contributed by atoms with E-state index < -0.39 is 0 Å². The molecule has 0 N–H and O–H groups in total. The summed E-state index contributed by atoms with van der Waals surface area (Å²) in [4.78, 5) is 25.9. The standard InChI is InChI=1S/C19H22N4O/c24-18(12-17-5-1-2-8-20-17)22-10-11-23(13-15-6-7-15)19-16(14-22)4-3-9-21-19/h1-5,8-9,15H,6-7,10-14H2. The molecule has 1 aliphatic heterocycles. The first-order chi connectivity index (χ1) is 11.8. The third-order valence-electron chi connectivity index (χ3n) is 4.75. The third-order valence-corrected chi connectivity index (χ3v) is 4.75. The molecule has 0 radical (unpaired) electrons. The highest BCUT2D eigenvalue weighted by Crippen LogP contribution is 2.32. The molecule has 5 nitrogen and oxygen atoms in total. The predicted molar refractivity (Wildman–Crippen MR) is 92.5 cm³/mol. The Hall–Kier alpha value is -2.43. The first kappa shape index (κ1) is 15.1. The second-order valence-corrected chi connectivity index (χ2v) is 6.69. The summed E-state index contributed by atoms with van der Waals surface area (Å²) in [6, 6.07) is 9.76. The van der Waals surface area contributed by atoms with Crippen molar-refractivity contribution in [1.82, 2.24) is 14.9 Å². The van der Waals surface area contributed by atoms with E-state index in [4.69, 9.17) is 0 Å². The summed E-state index contributed by atoms with van der Waals surface area (Å²) in [6.45, 7) is 3.30. The minimum absolute atomic E-state index is 0.136. The first-order valence-corrected chi connectivity index (χ1v) is 8.66. The van der Waals surface area contributed by atoms with Crippen LogP contribution in [-0.2, 0) is 17.8 Å². The van der Waals surface area contributed by atoms with Crippen LogP contribution < -0.4 is 4.90 Å². The molecule has 5 heteroatoms. The number of amides is 1. The minimum Gasteiger partial charge on any atom is -0.354 e. The Bertz CT molecular complexity index is 714. The van der Waals surface area contributed by atoms with Crippen molar-refractivity contribution < 1.29 is 4.79 Å². The molecule has 2 aromatic rings. The van der Waals surface area contributed by atoms with Gasteiger partial charge in [0.25, 0.3) is 0 Å². The van der Waals surface area contributed by atoms with Gasteiger partial charge in [-0.1, -0.05) is 12.1 Å². The number of rotatable bonds is 4. The topological polar surface area (TPSA) is 49.3 Å². The van der Waals surface area contributed by atoms with Gasteiger partial charge in [-0.2, -0.15) is 0 Å². The van der Waals surface area contributed by atoms with Gasteiger partial charge in [-0.15, -0.1) is 0 Å². The van der Waals surface area contributed by atoms with Gasteiger partial charge < -0.3 is 9.80 Å². The number of hydrogen-bond acceptors (Lipinski definition) is 4.